The highest BCUT2D eigenvalue weighted by atomic mass is 35.5. The first-order valence-corrected chi connectivity index (χ1v) is 5.59. The van der Waals surface area contributed by atoms with Gasteiger partial charge in [-0.3, -0.25) is 4.79 Å². The van der Waals surface area contributed by atoms with Gasteiger partial charge in [-0.25, -0.2) is 0 Å². The first-order valence-electron chi connectivity index (χ1n) is 5.59. The van der Waals surface area contributed by atoms with E-state index in [9.17, 15) is 4.79 Å². The van der Waals surface area contributed by atoms with Crippen LogP contribution in [-0.2, 0) is 0 Å². The summed E-state index contributed by atoms with van der Waals surface area (Å²) in [6, 6.07) is 1.70. The van der Waals surface area contributed by atoms with E-state index in [1.165, 1.54) is 6.26 Å². The maximum atomic E-state index is 11.9. The minimum Gasteiger partial charge on any atom is -0.469 e. The number of rotatable bonds is 5. The standard InChI is InChI=1S/C12H20N2O2.ClH/c1-8(2)6-10(7-13)14-12(15)11-4-5-16-9(11)3;/h4-5,8,10H,6-7,13H2,1-3H3,(H,14,15);1H. The fourth-order valence-corrected chi connectivity index (χ4v) is 1.67. The van der Waals surface area contributed by atoms with Gasteiger partial charge < -0.3 is 15.5 Å². The SMILES string of the molecule is Cc1occc1C(=O)NC(CN)CC(C)C.Cl. The summed E-state index contributed by atoms with van der Waals surface area (Å²) >= 11 is 0. The van der Waals surface area contributed by atoms with Crippen molar-refractivity contribution in [2.45, 2.75) is 33.2 Å². The van der Waals surface area contributed by atoms with Crippen LogP contribution in [0.2, 0.25) is 0 Å². The molecule has 0 fully saturated rings. The fourth-order valence-electron chi connectivity index (χ4n) is 1.67. The van der Waals surface area contributed by atoms with Gasteiger partial charge in [0.05, 0.1) is 11.8 Å². The number of halogens is 1. The van der Waals surface area contributed by atoms with E-state index < -0.39 is 0 Å². The molecule has 1 unspecified atom stereocenters. The Kier molecular flexibility index (Phi) is 6.92. The van der Waals surface area contributed by atoms with Crippen molar-refractivity contribution in [1.29, 1.82) is 0 Å². The number of hydrogen-bond donors (Lipinski definition) is 2. The van der Waals surface area contributed by atoms with Gasteiger partial charge in [-0.2, -0.15) is 0 Å². The monoisotopic (exact) mass is 260 g/mol. The highest BCUT2D eigenvalue weighted by Crippen LogP contribution is 2.10. The Balaban J connectivity index is 0.00000256. The van der Waals surface area contributed by atoms with Gasteiger partial charge in [0, 0.05) is 12.6 Å². The van der Waals surface area contributed by atoms with Crippen LogP contribution in [0, 0.1) is 12.8 Å². The average molecular weight is 261 g/mol. The van der Waals surface area contributed by atoms with Crippen molar-refractivity contribution in [3.63, 3.8) is 0 Å². The van der Waals surface area contributed by atoms with Gasteiger partial charge in [-0.1, -0.05) is 13.8 Å². The zero-order valence-corrected chi connectivity index (χ0v) is 11.3. The first kappa shape index (κ1) is 16.0. The summed E-state index contributed by atoms with van der Waals surface area (Å²) in [6.45, 7) is 6.45. The Labute approximate surface area is 108 Å². The van der Waals surface area contributed by atoms with E-state index in [1.807, 2.05) is 0 Å². The molecule has 1 atom stereocenters. The number of nitrogens with one attached hydrogen (secondary N) is 1. The van der Waals surface area contributed by atoms with Crippen LogP contribution in [0.5, 0.6) is 0 Å². The lowest BCUT2D eigenvalue weighted by Crippen LogP contribution is -2.41. The second kappa shape index (κ2) is 7.35. The summed E-state index contributed by atoms with van der Waals surface area (Å²) in [5.41, 5.74) is 6.21. The Morgan fingerprint density at radius 2 is 2.18 bits per heavy atom. The van der Waals surface area contributed by atoms with E-state index in [4.69, 9.17) is 10.2 Å². The third kappa shape index (κ3) is 4.79. The molecule has 17 heavy (non-hydrogen) atoms. The summed E-state index contributed by atoms with van der Waals surface area (Å²) in [7, 11) is 0. The molecule has 1 heterocycles. The predicted octanol–water partition coefficient (Wildman–Crippen LogP) is 2.11. The molecule has 0 aromatic carbocycles. The Morgan fingerprint density at radius 1 is 1.53 bits per heavy atom. The van der Waals surface area contributed by atoms with Crippen LogP contribution in [0.1, 0.15) is 36.4 Å². The molecule has 1 aromatic rings. The maximum Gasteiger partial charge on any atom is 0.255 e. The minimum atomic E-state index is -0.109. The van der Waals surface area contributed by atoms with Gasteiger partial charge in [0.2, 0.25) is 0 Å². The van der Waals surface area contributed by atoms with Gasteiger partial charge in [-0.15, -0.1) is 12.4 Å². The molecule has 5 heteroatoms. The molecule has 1 aromatic heterocycles. The van der Waals surface area contributed by atoms with E-state index in [-0.39, 0.29) is 24.4 Å². The zero-order chi connectivity index (χ0) is 12.1. The van der Waals surface area contributed by atoms with Crippen molar-refractivity contribution in [2.75, 3.05) is 6.54 Å². The highest BCUT2D eigenvalue weighted by molar-refractivity contribution is 5.95. The molecule has 0 saturated heterocycles. The van der Waals surface area contributed by atoms with E-state index in [2.05, 4.69) is 19.2 Å². The first-order chi connectivity index (χ1) is 7.54. The normalized spacial score (nSPS) is 12.1. The van der Waals surface area contributed by atoms with Crippen molar-refractivity contribution >= 4 is 18.3 Å². The van der Waals surface area contributed by atoms with Crippen molar-refractivity contribution in [3.8, 4) is 0 Å². The van der Waals surface area contributed by atoms with E-state index in [0.29, 0.717) is 23.8 Å². The number of hydrogen-bond acceptors (Lipinski definition) is 3. The molecule has 0 saturated carbocycles. The number of carbonyl (C=O) groups excluding carboxylic acids is 1. The smallest absolute Gasteiger partial charge is 0.255 e. The lowest BCUT2D eigenvalue weighted by atomic mass is 10.0. The number of aryl methyl sites for hydroxylation is 1. The topological polar surface area (TPSA) is 68.3 Å². The number of carbonyl (C=O) groups is 1. The number of amides is 1. The lowest BCUT2D eigenvalue weighted by Gasteiger charge is -2.18. The van der Waals surface area contributed by atoms with Crippen molar-refractivity contribution < 1.29 is 9.21 Å². The Morgan fingerprint density at radius 3 is 2.59 bits per heavy atom. The summed E-state index contributed by atoms with van der Waals surface area (Å²) in [5.74, 6) is 1.04. The summed E-state index contributed by atoms with van der Waals surface area (Å²) in [5, 5.41) is 2.92. The van der Waals surface area contributed by atoms with Gasteiger partial charge in [0.25, 0.3) is 5.91 Å². The van der Waals surface area contributed by atoms with E-state index in [0.717, 1.165) is 6.42 Å². The molecule has 98 valence electrons. The van der Waals surface area contributed by atoms with Crippen LogP contribution in [0.15, 0.2) is 16.7 Å². The summed E-state index contributed by atoms with van der Waals surface area (Å²) in [4.78, 5) is 11.9. The van der Waals surface area contributed by atoms with Crippen LogP contribution in [0.4, 0.5) is 0 Å². The molecule has 1 rings (SSSR count). The van der Waals surface area contributed by atoms with E-state index >= 15 is 0 Å². The molecule has 0 aliphatic heterocycles. The van der Waals surface area contributed by atoms with Crippen LogP contribution < -0.4 is 11.1 Å². The Bertz CT molecular complexity index is 350. The molecule has 4 nitrogen and oxygen atoms in total. The number of furan rings is 1. The molecule has 3 N–H and O–H groups in total. The van der Waals surface area contributed by atoms with Crippen LogP contribution >= 0.6 is 12.4 Å². The highest BCUT2D eigenvalue weighted by Gasteiger charge is 2.16. The van der Waals surface area contributed by atoms with Crippen LogP contribution in [0.25, 0.3) is 0 Å². The zero-order valence-electron chi connectivity index (χ0n) is 10.5. The Hall–Kier alpha value is -1.00. The largest absolute Gasteiger partial charge is 0.469 e. The predicted molar refractivity (Wildman–Crippen MR) is 70.5 cm³/mol. The summed E-state index contributed by atoms with van der Waals surface area (Å²) in [6.07, 6.45) is 2.41. The van der Waals surface area contributed by atoms with E-state index in [1.54, 1.807) is 13.0 Å². The van der Waals surface area contributed by atoms with Gasteiger partial charge in [0.15, 0.2) is 0 Å². The molecular weight excluding hydrogens is 240 g/mol. The van der Waals surface area contributed by atoms with Crippen molar-refractivity contribution in [1.82, 2.24) is 5.32 Å². The lowest BCUT2D eigenvalue weighted by molar-refractivity contribution is 0.0932. The van der Waals surface area contributed by atoms with Crippen molar-refractivity contribution in [2.24, 2.45) is 11.7 Å². The molecule has 0 bridgehead atoms. The second-order valence-corrected chi connectivity index (χ2v) is 4.43. The molecule has 0 spiro atoms. The summed E-state index contributed by atoms with van der Waals surface area (Å²) < 4.78 is 5.09. The van der Waals surface area contributed by atoms with Crippen LogP contribution in [0.3, 0.4) is 0 Å². The molecular formula is C12H21ClN2O2. The molecule has 0 radical (unpaired) electrons. The molecule has 1 amide bonds. The maximum absolute atomic E-state index is 11.9. The average Bonchev–Trinajstić information content (AvgIpc) is 2.62. The van der Waals surface area contributed by atoms with Crippen molar-refractivity contribution in [3.05, 3.63) is 23.7 Å². The molecule has 0 aliphatic carbocycles. The van der Waals surface area contributed by atoms with Gasteiger partial charge in [-0.05, 0) is 25.3 Å². The van der Waals surface area contributed by atoms with Gasteiger partial charge >= 0.3 is 0 Å². The third-order valence-corrected chi connectivity index (χ3v) is 2.48. The van der Waals surface area contributed by atoms with Gasteiger partial charge in [0.1, 0.15) is 5.76 Å². The second-order valence-electron chi connectivity index (χ2n) is 4.43. The fraction of sp³-hybridized carbons (Fsp3) is 0.583. The molecule has 0 aliphatic rings. The third-order valence-electron chi connectivity index (χ3n) is 2.48. The minimum absolute atomic E-state index is 0. The number of nitrogens with two attached hydrogens (primary N) is 1. The van der Waals surface area contributed by atoms with Crippen LogP contribution in [-0.4, -0.2) is 18.5 Å². The quantitative estimate of drug-likeness (QED) is 0.852.